The van der Waals surface area contributed by atoms with E-state index in [1.165, 1.54) is 49.9 Å². The molecule has 0 unspecified atom stereocenters. The second-order valence-electron chi connectivity index (χ2n) is 6.44. The van der Waals surface area contributed by atoms with Crippen molar-refractivity contribution in [1.82, 2.24) is 4.98 Å². The van der Waals surface area contributed by atoms with Gasteiger partial charge in [-0.3, -0.25) is 4.72 Å². The van der Waals surface area contributed by atoms with E-state index in [1.807, 2.05) is 19.1 Å². The van der Waals surface area contributed by atoms with Crippen molar-refractivity contribution in [1.29, 1.82) is 0 Å². The summed E-state index contributed by atoms with van der Waals surface area (Å²) in [7, 11) is -3.56. The molecule has 2 aromatic rings. The highest BCUT2D eigenvalue weighted by atomic mass is 32.2. The van der Waals surface area contributed by atoms with Crippen molar-refractivity contribution in [2.24, 2.45) is 0 Å². The van der Waals surface area contributed by atoms with Crippen LogP contribution in [-0.4, -0.2) is 19.4 Å². The van der Waals surface area contributed by atoms with Gasteiger partial charge >= 0.3 is 0 Å². The second kappa shape index (κ2) is 8.19. The number of pyridine rings is 1. The summed E-state index contributed by atoms with van der Waals surface area (Å²) in [5.41, 5.74) is 0.944. The third-order valence-electron chi connectivity index (χ3n) is 4.48. The van der Waals surface area contributed by atoms with Gasteiger partial charge in [-0.25, -0.2) is 13.4 Å². The van der Waals surface area contributed by atoms with Crippen LogP contribution in [0.4, 0.5) is 11.5 Å². The van der Waals surface area contributed by atoms with Gasteiger partial charge in [0.05, 0.1) is 11.9 Å². The molecule has 3 rings (SSSR count). The van der Waals surface area contributed by atoms with E-state index < -0.39 is 10.0 Å². The predicted octanol–water partition coefficient (Wildman–Crippen LogP) is 4.64. The van der Waals surface area contributed by atoms with Crippen LogP contribution >= 0.6 is 11.3 Å². The highest BCUT2D eigenvalue weighted by molar-refractivity contribution is 7.94. The molecule has 0 aliphatic heterocycles. The summed E-state index contributed by atoms with van der Waals surface area (Å²) in [5, 5.41) is 3.52. The van der Waals surface area contributed by atoms with Gasteiger partial charge in [0.2, 0.25) is 0 Å². The number of aromatic nitrogens is 1. The van der Waals surface area contributed by atoms with Gasteiger partial charge in [-0.1, -0.05) is 32.6 Å². The molecule has 25 heavy (non-hydrogen) atoms. The maximum absolute atomic E-state index is 12.4. The van der Waals surface area contributed by atoms with Crippen molar-refractivity contribution >= 4 is 32.9 Å². The van der Waals surface area contributed by atoms with Crippen LogP contribution in [0.2, 0.25) is 0 Å². The Bertz CT molecular complexity index is 777. The minimum Gasteiger partial charge on any atom is -0.381 e. The molecule has 5 nitrogen and oxygen atoms in total. The summed E-state index contributed by atoms with van der Waals surface area (Å²) in [6, 6.07) is 7.60. The van der Waals surface area contributed by atoms with E-state index in [0.29, 0.717) is 16.1 Å². The Morgan fingerprint density at radius 1 is 1.12 bits per heavy atom. The van der Waals surface area contributed by atoms with E-state index in [1.54, 1.807) is 18.3 Å². The second-order valence-corrected chi connectivity index (χ2v) is 9.52. The maximum Gasteiger partial charge on any atom is 0.272 e. The van der Waals surface area contributed by atoms with Gasteiger partial charge in [0, 0.05) is 10.9 Å². The normalized spacial score (nSPS) is 16.4. The largest absolute Gasteiger partial charge is 0.381 e. The Morgan fingerprint density at radius 2 is 1.88 bits per heavy atom. The van der Waals surface area contributed by atoms with Crippen LogP contribution in [-0.2, 0) is 16.4 Å². The van der Waals surface area contributed by atoms with Crippen LogP contribution in [0.3, 0.4) is 0 Å². The number of hydrogen-bond acceptors (Lipinski definition) is 5. The van der Waals surface area contributed by atoms with E-state index in [4.69, 9.17) is 0 Å². The third kappa shape index (κ3) is 4.95. The van der Waals surface area contributed by atoms with Crippen LogP contribution in [0.1, 0.15) is 50.3 Å². The van der Waals surface area contributed by atoms with Gasteiger partial charge in [-0.2, -0.15) is 0 Å². The lowest BCUT2D eigenvalue weighted by Crippen LogP contribution is -2.18. The van der Waals surface area contributed by atoms with E-state index in [2.05, 4.69) is 15.0 Å². The first kappa shape index (κ1) is 18.2. The SMILES string of the molecule is CCc1ccc(S(=O)(=O)Nc2ccc(NC3CCCCCC3)cn2)s1. The van der Waals surface area contributed by atoms with Crippen molar-refractivity contribution < 1.29 is 8.42 Å². The summed E-state index contributed by atoms with van der Waals surface area (Å²) in [5.74, 6) is 0.345. The zero-order valence-electron chi connectivity index (χ0n) is 14.5. The molecule has 0 bridgehead atoms. The van der Waals surface area contributed by atoms with Gasteiger partial charge in [-0.05, 0) is 43.5 Å². The molecule has 0 amide bonds. The fraction of sp³-hybridized carbons (Fsp3) is 0.500. The Hall–Kier alpha value is -1.60. The standard InChI is InChI=1S/C18H25N3O2S2/c1-2-16-10-12-18(24-16)25(22,23)21-17-11-9-15(13-19-17)20-14-7-5-3-4-6-8-14/h9-14,20H,2-8H2,1H3,(H,19,21). The van der Waals surface area contributed by atoms with Gasteiger partial charge in [0.25, 0.3) is 10.0 Å². The van der Waals surface area contributed by atoms with Gasteiger partial charge in [0.1, 0.15) is 10.0 Å². The fourth-order valence-corrected chi connectivity index (χ4v) is 5.38. The van der Waals surface area contributed by atoms with Crippen molar-refractivity contribution in [3.05, 3.63) is 35.3 Å². The summed E-state index contributed by atoms with van der Waals surface area (Å²) in [6.07, 6.45) is 10.1. The molecule has 0 aromatic carbocycles. The number of thiophene rings is 1. The average molecular weight is 380 g/mol. The summed E-state index contributed by atoms with van der Waals surface area (Å²) in [4.78, 5) is 5.31. The van der Waals surface area contributed by atoms with Crippen LogP contribution in [0.15, 0.2) is 34.7 Å². The van der Waals surface area contributed by atoms with Gasteiger partial charge < -0.3 is 5.32 Å². The molecule has 1 fully saturated rings. The summed E-state index contributed by atoms with van der Waals surface area (Å²) in [6.45, 7) is 2.01. The molecule has 0 spiro atoms. The first-order valence-electron chi connectivity index (χ1n) is 8.91. The highest BCUT2D eigenvalue weighted by Crippen LogP contribution is 2.25. The highest BCUT2D eigenvalue weighted by Gasteiger charge is 2.17. The lowest BCUT2D eigenvalue weighted by Gasteiger charge is -2.17. The lowest BCUT2D eigenvalue weighted by atomic mass is 10.1. The number of rotatable bonds is 6. The summed E-state index contributed by atoms with van der Waals surface area (Å²) < 4.78 is 27.7. The molecule has 2 aromatic heterocycles. The topological polar surface area (TPSA) is 71.1 Å². The molecule has 136 valence electrons. The molecule has 2 heterocycles. The molecular formula is C18H25N3O2S2. The first-order valence-corrected chi connectivity index (χ1v) is 11.2. The van der Waals surface area contributed by atoms with Crippen LogP contribution < -0.4 is 10.0 Å². The Kier molecular flexibility index (Phi) is 5.96. The van der Waals surface area contributed by atoms with Crippen molar-refractivity contribution in [2.75, 3.05) is 10.0 Å². The number of anilines is 2. The van der Waals surface area contributed by atoms with Crippen LogP contribution in [0, 0.1) is 0 Å². The Morgan fingerprint density at radius 3 is 2.48 bits per heavy atom. The van der Waals surface area contributed by atoms with Gasteiger partial charge in [0.15, 0.2) is 0 Å². The number of nitrogens with one attached hydrogen (secondary N) is 2. The minimum atomic E-state index is -3.56. The molecule has 1 aliphatic carbocycles. The lowest BCUT2D eigenvalue weighted by molar-refractivity contribution is 0.603. The molecule has 1 aliphatic rings. The van der Waals surface area contributed by atoms with Crippen LogP contribution in [0.5, 0.6) is 0 Å². The number of aryl methyl sites for hydroxylation is 1. The zero-order chi connectivity index (χ0) is 17.7. The molecular weight excluding hydrogens is 354 g/mol. The molecule has 0 saturated heterocycles. The predicted molar refractivity (Wildman–Crippen MR) is 104 cm³/mol. The maximum atomic E-state index is 12.4. The molecule has 1 saturated carbocycles. The number of nitrogens with zero attached hydrogens (tertiary/aromatic N) is 1. The van der Waals surface area contributed by atoms with E-state index in [-0.39, 0.29) is 0 Å². The third-order valence-corrected chi connectivity index (χ3v) is 7.55. The van der Waals surface area contributed by atoms with Crippen LogP contribution in [0.25, 0.3) is 0 Å². The molecule has 0 radical (unpaired) electrons. The minimum absolute atomic E-state index is 0.326. The number of hydrogen-bond donors (Lipinski definition) is 2. The molecule has 2 N–H and O–H groups in total. The Balaban J connectivity index is 1.63. The van der Waals surface area contributed by atoms with Crippen molar-refractivity contribution in [2.45, 2.75) is 62.1 Å². The molecule has 0 atom stereocenters. The van der Waals surface area contributed by atoms with Gasteiger partial charge in [-0.15, -0.1) is 11.3 Å². The fourth-order valence-electron chi connectivity index (χ4n) is 3.08. The summed E-state index contributed by atoms with van der Waals surface area (Å²) >= 11 is 1.30. The average Bonchev–Trinajstić information content (AvgIpc) is 2.96. The smallest absolute Gasteiger partial charge is 0.272 e. The van der Waals surface area contributed by atoms with E-state index >= 15 is 0 Å². The molecule has 7 heteroatoms. The number of sulfonamides is 1. The quantitative estimate of drug-likeness (QED) is 0.717. The first-order chi connectivity index (χ1) is 12.1. The monoisotopic (exact) mass is 379 g/mol. The van der Waals surface area contributed by atoms with E-state index in [9.17, 15) is 8.42 Å². The van der Waals surface area contributed by atoms with Crippen molar-refractivity contribution in [3.8, 4) is 0 Å². The van der Waals surface area contributed by atoms with Crippen molar-refractivity contribution in [3.63, 3.8) is 0 Å². The Labute approximate surface area is 153 Å². The van der Waals surface area contributed by atoms with E-state index in [0.717, 1.165) is 17.0 Å². The zero-order valence-corrected chi connectivity index (χ0v) is 16.1.